The van der Waals surface area contributed by atoms with E-state index in [1.807, 2.05) is 42.5 Å². The third kappa shape index (κ3) is 6.55. The zero-order chi connectivity index (χ0) is 23.1. The van der Waals surface area contributed by atoms with Crippen LogP contribution in [-0.4, -0.2) is 37.6 Å². The van der Waals surface area contributed by atoms with Gasteiger partial charge in [0, 0.05) is 30.1 Å². The van der Waals surface area contributed by atoms with Crippen molar-refractivity contribution in [3.05, 3.63) is 77.8 Å². The van der Waals surface area contributed by atoms with Crippen molar-refractivity contribution >= 4 is 18.5 Å². The molecule has 0 fully saturated rings. The van der Waals surface area contributed by atoms with Gasteiger partial charge in [0.25, 0.3) is 0 Å². The van der Waals surface area contributed by atoms with Gasteiger partial charge in [0.05, 0.1) is 11.7 Å². The van der Waals surface area contributed by atoms with Crippen LogP contribution in [0.3, 0.4) is 0 Å². The number of hydrogen-bond acceptors (Lipinski definition) is 6. The molecule has 4 rings (SSSR count). The number of benzene rings is 2. The van der Waals surface area contributed by atoms with Crippen LogP contribution in [0.1, 0.15) is 29.9 Å². The Morgan fingerprint density at radius 3 is 2.64 bits per heavy atom. The quantitative estimate of drug-likeness (QED) is 0.223. The molecule has 0 atom stereocenters. The fourth-order valence-corrected chi connectivity index (χ4v) is 4.33. The van der Waals surface area contributed by atoms with Crippen molar-refractivity contribution in [2.24, 2.45) is 0 Å². The van der Waals surface area contributed by atoms with Crippen molar-refractivity contribution in [3.63, 3.8) is 0 Å². The lowest BCUT2D eigenvalue weighted by molar-refractivity contribution is 0.371. The average Bonchev–Trinajstić information content (AvgIpc) is 3.27. The molecule has 0 aliphatic carbocycles. The van der Waals surface area contributed by atoms with Crippen molar-refractivity contribution in [2.75, 3.05) is 12.7 Å². The van der Waals surface area contributed by atoms with Crippen LogP contribution < -0.4 is 5.32 Å². The zero-order valence-corrected chi connectivity index (χ0v) is 19.1. The Bertz CT molecular complexity index is 1240. The van der Waals surface area contributed by atoms with Crippen molar-refractivity contribution < 1.29 is 18.9 Å². The van der Waals surface area contributed by atoms with Gasteiger partial charge in [0.1, 0.15) is 0 Å². The van der Waals surface area contributed by atoms with Gasteiger partial charge in [-0.3, -0.25) is 9.55 Å². The second-order valence-corrected chi connectivity index (χ2v) is 9.72. The highest BCUT2D eigenvalue weighted by Gasteiger charge is 2.15. The highest BCUT2D eigenvalue weighted by molar-refractivity contribution is 7.51. The van der Waals surface area contributed by atoms with Crippen LogP contribution >= 0.6 is 7.60 Å². The number of aryl methyl sites for hydroxylation is 2. The van der Waals surface area contributed by atoms with E-state index in [1.165, 1.54) is 5.56 Å². The molecule has 0 amide bonds. The molecule has 0 bridgehead atoms. The molecule has 0 unspecified atom stereocenters. The predicted molar refractivity (Wildman–Crippen MR) is 127 cm³/mol. The molecule has 0 aliphatic heterocycles. The molecule has 0 spiro atoms. The summed E-state index contributed by atoms with van der Waals surface area (Å²) in [6.07, 6.45) is 4.64. The van der Waals surface area contributed by atoms with E-state index < -0.39 is 7.60 Å². The Labute approximate surface area is 192 Å². The van der Waals surface area contributed by atoms with Gasteiger partial charge in [-0.1, -0.05) is 47.6 Å². The summed E-state index contributed by atoms with van der Waals surface area (Å²) < 4.78 is 16.5. The summed E-state index contributed by atoms with van der Waals surface area (Å²) in [7, 11) is -3.95. The standard InChI is InChI=1S/C24H27N4O4P/c29-33(30,31)16-6-14-25-17-19-12-13-21(20-10-5-15-26-23(19)20)24-27-22(32-28-24)11-4-9-18-7-2-1-3-8-18/h1-3,5,7-8,10,12-13,15,25H,4,6,9,11,14,16-17H2,(H2,29,30,31). The summed E-state index contributed by atoms with van der Waals surface area (Å²) in [6.45, 7) is 1.06. The maximum atomic E-state index is 11.0. The van der Waals surface area contributed by atoms with E-state index in [0.29, 0.717) is 37.6 Å². The van der Waals surface area contributed by atoms with Crippen LogP contribution in [0.2, 0.25) is 0 Å². The maximum Gasteiger partial charge on any atom is 0.325 e. The first kappa shape index (κ1) is 23.3. The third-order valence-corrected chi connectivity index (χ3v) is 6.28. The van der Waals surface area contributed by atoms with Crippen LogP contribution in [0.5, 0.6) is 0 Å². The van der Waals surface area contributed by atoms with Gasteiger partial charge < -0.3 is 19.6 Å². The van der Waals surface area contributed by atoms with Gasteiger partial charge in [-0.05, 0) is 49.1 Å². The van der Waals surface area contributed by atoms with Gasteiger partial charge in [-0.25, -0.2) is 0 Å². The molecular weight excluding hydrogens is 439 g/mol. The zero-order valence-electron chi connectivity index (χ0n) is 18.2. The first-order valence-corrected chi connectivity index (χ1v) is 12.8. The van der Waals surface area contributed by atoms with Crippen molar-refractivity contribution in [1.82, 2.24) is 20.4 Å². The molecule has 33 heavy (non-hydrogen) atoms. The van der Waals surface area contributed by atoms with E-state index >= 15 is 0 Å². The van der Waals surface area contributed by atoms with Crippen molar-refractivity contribution in [3.8, 4) is 11.4 Å². The molecule has 172 valence electrons. The van der Waals surface area contributed by atoms with Crippen LogP contribution in [0, 0.1) is 0 Å². The van der Waals surface area contributed by atoms with Crippen LogP contribution in [-0.2, 0) is 24.0 Å². The molecule has 9 heteroatoms. The largest absolute Gasteiger partial charge is 0.339 e. The first-order valence-electron chi connectivity index (χ1n) is 11.0. The van der Waals surface area contributed by atoms with Crippen molar-refractivity contribution in [1.29, 1.82) is 0 Å². The fourth-order valence-electron chi connectivity index (χ4n) is 3.76. The first-order chi connectivity index (χ1) is 16.0. The lowest BCUT2D eigenvalue weighted by Gasteiger charge is -2.10. The number of fused-ring (bicyclic) bond motifs is 1. The molecular formula is C24H27N4O4P. The van der Waals surface area contributed by atoms with E-state index in [9.17, 15) is 4.57 Å². The Morgan fingerprint density at radius 2 is 1.82 bits per heavy atom. The monoisotopic (exact) mass is 466 g/mol. The van der Waals surface area contributed by atoms with E-state index in [1.54, 1.807) is 6.20 Å². The topological polar surface area (TPSA) is 121 Å². The average molecular weight is 466 g/mol. The predicted octanol–water partition coefficient (Wildman–Crippen LogP) is 4.12. The second kappa shape index (κ2) is 10.8. The van der Waals surface area contributed by atoms with E-state index in [-0.39, 0.29) is 6.16 Å². The van der Waals surface area contributed by atoms with Gasteiger partial charge in [-0.2, -0.15) is 4.98 Å². The molecule has 0 saturated carbocycles. The molecule has 0 radical (unpaired) electrons. The molecule has 8 nitrogen and oxygen atoms in total. The minimum atomic E-state index is -3.95. The maximum absolute atomic E-state index is 11.0. The molecule has 0 saturated heterocycles. The van der Waals surface area contributed by atoms with Crippen LogP contribution in [0.25, 0.3) is 22.3 Å². The second-order valence-electron chi connectivity index (χ2n) is 7.94. The summed E-state index contributed by atoms with van der Waals surface area (Å²) in [6, 6.07) is 18.1. The summed E-state index contributed by atoms with van der Waals surface area (Å²) in [4.78, 5) is 27.1. The summed E-state index contributed by atoms with van der Waals surface area (Å²) in [5.41, 5.74) is 3.99. The normalized spacial score (nSPS) is 11.8. The summed E-state index contributed by atoms with van der Waals surface area (Å²) in [5.74, 6) is 1.16. The fraction of sp³-hybridized carbons (Fsp3) is 0.292. The Kier molecular flexibility index (Phi) is 7.62. The Balaban J connectivity index is 1.42. The van der Waals surface area contributed by atoms with Crippen LogP contribution in [0.15, 0.2) is 65.3 Å². The molecule has 0 aliphatic rings. The van der Waals surface area contributed by atoms with Gasteiger partial charge in [-0.15, -0.1) is 0 Å². The van der Waals surface area contributed by atoms with E-state index in [0.717, 1.165) is 34.9 Å². The van der Waals surface area contributed by atoms with Crippen molar-refractivity contribution in [2.45, 2.75) is 32.2 Å². The molecule has 4 aromatic rings. The third-order valence-electron chi connectivity index (χ3n) is 5.38. The summed E-state index contributed by atoms with van der Waals surface area (Å²) in [5, 5.41) is 8.37. The highest BCUT2D eigenvalue weighted by Crippen LogP contribution is 2.34. The van der Waals surface area contributed by atoms with E-state index in [4.69, 9.17) is 14.3 Å². The molecule has 2 aromatic heterocycles. The number of rotatable bonds is 11. The molecule has 2 heterocycles. The van der Waals surface area contributed by atoms with Crippen LogP contribution in [0.4, 0.5) is 0 Å². The number of nitrogens with zero attached hydrogens (tertiary/aromatic N) is 3. The Morgan fingerprint density at radius 1 is 0.970 bits per heavy atom. The van der Waals surface area contributed by atoms with E-state index in [2.05, 4.69) is 32.6 Å². The lowest BCUT2D eigenvalue weighted by atomic mass is 10.0. The minimum absolute atomic E-state index is 0.122. The number of pyridine rings is 1. The van der Waals surface area contributed by atoms with Gasteiger partial charge in [0.15, 0.2) is 0 Å². The number of hydrogen-bond donors (Lipinski definition) is 3. The minimum Gasteiger partial charge on any atom is -0.339 e. The molecule has 3 N–H and O–H groups in total. The Hall–Kier alpha value is -2.90. The summed E-state index contributed by atoms with van der Waals surface area (Å²) >= 11 is 0. The number of aromatic nitrogens is 3. The SMILES string of the molecule is O=P(O)(O)CCCNCc1ccc(-c2noc(CCCc3ccccc3)n2)c2cccnc12. The van der Waals surface area contributed by atoms with Gasteiger partial charge >= 0.3 is 7.60 Å². The highest BCUT2D eigenvalue weighted by atomic mass is 31.2. The smallest absolute Gasteiger partial charge is 0.325 e. The lowest BCUT2D eigenvalue weighted by Crippen LogP contribution is -2.16. The number of nitrogens with one attached hydrogen (secondary N) is 1. The molecule has 2 aromatic carbocycles. The van der Waals surface area contributed by atoms with Gasteiger partial charge in [0.2, 0.25) is 11.7 Å².